The minimum absolute atomic E-state index is 0.00817. The summed E-state index contributed by atoms with van der Waals surface area (Å²) in [6.45, 7) is -0.989. The summed E-state index contributed by atoms with van der Waals surface area (Å²) in [5.74, 6) is -3.19. The zero-order chi connectivity index (χ0) is 24.4. The van der Waals surface area contributed by atoms with E-state index in [4.69, 9.17) is 10.8 Å². The molecule has 0 aliphatic heterocycles. The monoisotopic (exact) mass is 458 g/mol. The van der Waals surface area contributed by atoms with E-state index in [0.717, 1.165) is 0 Å². The van der Waals surface area contributed by atoms with Crippen molar-refractivity contribution < 1.29 is 34.5 Å². The fraction of sp³-hybridized carbons (Fsp3) is 0.273. The van der Waals surface area contributed by atoms with E-state index in [0.29, 0.717) is 11.1 Å². The Morgan fingerprint density at radius 2 is 1.21 bits per heavy atom. The number of carboxylic acids is 1. The zero-order valence-electron chi connectivity index (χ0n) is 17.7. The first-order chi connectivity index (χ1) is 15.7. The van der Waals surface area contributed by atoms with Crippen molar-refractivity contribution in [1.29, 1.82) is 0 Å². The minimum atomic E-state index is -1.25. The molecule has 0 spiro atoms. The number of hydrogen-bond acceptors (Lipinski definition) is 7. The predicted octanol–water partition coefficient (Wildman–Crippen LogP) is -0.988. The summed E-state index contributed by atoms with van der Waals surface area (Å²) in [6, 6.07) is 9.74. The third kappa shape index (κ3) is 8.50. The third-order valence-electron chi connectivity index (χ3n) is 4.64. The normalized spacial score (nSPS) is 12.3. The number of carbonyl (C=O) groups excluding carboxylic acids is 3. The second kappa shape index (κ2) is 12.1. The summed E-state index contributed by atoms with van der Waals surface area (Å²) in [7, 11) is 0. The number of carbonyl (C=O) groups is 4. The first-order valence-corrected chi connectivity index (χ1v) is 10.0. The molecule has 0 heterocycles. The minimum Gasteiger partial charge on any atom is -0.508 e. The largest absolute Gasteiger partial charge is 0.508 e. The number of aromatic hydroxyl groups is 2. The van der Waals surface area contributed by atoms with Crippen molar-refractivity contribution in [2.24, 2.45) is 5.73 Å². The lowest BCUT2D eigenvalue weighted by Crippen LogP contribution is -2.56. The molecular formula is C22H26N4O7. The fourth-order valence-corrected chi connectivity index (χ4v) is 2.97. The number of amides is 3. The second-order valence-corrected chi connectivity index (χ2v) is 7.24. The van der Waals surface area contributed by atoms with E-state index in [-0.39, 0.29) is 30.9 Å². The van der Waals surface area contributed by atoms with E-state index in [9.17, 15) is 29.4 Å². The third-order valence-corrected chi connectivity index (χ3v) is 4.64. The number of rotatable bonds is 11. The van der Waals surface area contributed by atoms with Crippen molar-refractivity contribution in [2.75, 3.05) is 13.1 Å². The number of benzene rings is 2. The van der Waals surface area contributed by atoms with Gasteiger partial charge in [-0.1, -0.05) is 24.3 Å². The predicted molar refractivity (Wildman–Crippen MR) is 117 cm³/mol. The lowest BCUT2D eigenvalue weighted by molar-refractivity contribution is -0.138. The number of phenols is 2. The fourth-order valence-electron chi connectivity index (χ4n) is 2.97. The van der Waals surface area contributed by atoms with Gasteiger partial charge in [-0.25, -0.2) is 0 Å². The number of phenolic OH excluding ortho intramolecular Hbond substituents is 2. The van der Waals surface area contributed by atoms with Gasteiger partial charge in [-0.15, -0.1) is 0 Å². The molecule has 0 saturated carbocycles. The number of nitrogens with one attached hydrogen (secondary N) is 3. The van der Waals surface area contributed by atoms with Crippen molar-refractivity contribution in [2.45, 2.75) is 24.9 Å². The van der Waals surface area contributed by atoms with Crippen LogP contribution in [0.4, 0.5) is 0 Å². The molecule has 8 N–H and O–H groups in total. The maximum Gasteiger partial charge on any atom is 0.322 e. The van der Waals surface area contributed by atoms with Crippen LogP contribution < -0.4 is 21.7 Å². The molecule has 11 nitrogen and oxygen atoms in total. The Kier molecular flexibility index (Phi) is 9.18. The van der Waals surface area contributed by atoms with Gasteiger partial charge in [0.15, 0.2) is 0 Å². The van der Waals surface area contributed by atoms with Crippen molar-refractivity contribution in [3.63, 3.8) is 0 Å². The van der Waals surface area contributed by atoms with Crippen LogP contribution in [0.5, 0.6) is 11.5 Å². The van der Waals surface area contributed by atoms with E-state index in [1.54, 1.807) is 24.3 Å². The number of aliphatic carboxylic acids is 1. The summed E-state index contributed by atoms with van der Waals surface area (Å²) in [5.41, 5.74) is 6.58. The Morgan fingerprint density at radius 3 is 1.64 bits per heavy atom. The van der Waals surface area contributed by atoms with Gasteiger partial charge >= 0.3 is 5.97 Å². The van der Waals surface area contributed by atoms with Crippen LogP contribution in [0.3, 0.4) is 0 Å². The van der Waals surface area contributed by atoms with Gasteiger partial charge in [0.1, 0.15) is 30.1 Å². The molecule has 33 heavy (non-hydrogen) atoms. The maximum absolute atomic E-state index is 13.0. The molecule has 2 aromatic carbocycles. The molecule has 0 radical (unpaired) electrons. The van der Waals surface area contributed by atoms with Crippen LogP contribution in [-0.4, -0.2) is 64.2 Å². The van der Waals surface area contributed by atoms with Crippen LogP contribution in [0.1, 0.15) is 11.1 Å². The first-order valence-electron chi connectivity index (χ1n) is 10.0. The Morgan fingerprint density at radius 1 is 0.758 bits per heavy atom. The molecule has 0 saturated heterocycles. The Hall–Kier alpha value is -4.12. The van der Waals surface area contributed by atoms with Gasteiger partial charge in [0.05, 0.1) is 6.54 Å². The molecule has 3 amide bonds. The van der Waals surface area contributed by atoms with E-state index < -0.39 is 42.3 Å². The Bertz CT molecular complexity index is 977. The molecule has 2 rings (SSSR count). The summed E-state index contributed by atoms with van der Waals surface area (Å²) in [4.78, 5) is 48.3. The Balaban J connectivity index is 2.21. The van der Waals surface area contributed by atoms with Gasteiger partial charge in [0.2, 0.25) is 17.7 Å². The summed E-state index contributed by atoms with van der Waals surface area (Å²) >= 11 is 0. The molecular weight excluding hydrogens is 432 g/mol. The molecule has 176 valence electrons. The van der Waals surface area contributed by atoms with Crippen molar-refractivity contribution >= 4 is 23.7 Å². The summed E-state index contributed by atoms with van der Waals surface area (Å²) < 4.78 is 0. The van der Waals surface area contributed by atoms with Gasteiger partial charge in [-0.3, -0.25) is 19.2 Å². The highest BCUT2D eigenvalue weighted by molar-refractivity contribution is 5.93. The van der Waals surface area contributed by atoms with Gasteiger partial charge in [-0.2, -0.15) is 0 Å². The number of hydrogen-bond donors (Lipinski definition) is 7. The highest BCUT2D eigenvalue weighted by atomic mass is 16.4. The smallest absolute Gasteiger partial charge is 0.322 e. The molecule has 0 fully saturated rings. The van der Waals surface area contributed by atoms with Crippen LogP contribution in [0, 0.1) is 0 Å². The van der Waals surface area contributed by atoms with Gasteiger partial charge < -0.3 is 37.0 Å². The Labute approximate surface area is 189 Å². The van der Waals surface area contributed by atoms with Crippen LogP contribution in [0.15, 0.2) is 48.5 Å². The zero-order valence-corrected chi connectivity index (χ0v) is 17.7. The second-order valence-electron chi connectivity index (χ2n) is 7.24. The lowest BCUT2D eigenvalue weighted by Gasteiger charge is -2.23. The summed E-state index contributed by atoms with van der Waals surface area (Å²) in [6.07, 6.45) is 0.0643. The average Bonchev–Trinajstić information content (AvgIpc) is 2.79. The SMILES string of the molecule is NCC(=O)NC(Cc1ccc(O)cc1)C(=O)NC(Cc1ccc(O)cc1)C(=O)NCC(=O)O. The van der Waals surface area contributed by atoms with Crippen molar-refractivity contribution in [3.05, 3.63) is 59.7 Å². The quantitative estimate of drug-likeness (QED) is 0.223. The molecule has 2 atom stereocenters. The maximum atomic E-state index is 13.0. The van der Waals surface area contributed by atoms with Crippen molar-refractivity contribution in [1.82, 2.24) is 16.0 Å². The molecule has 0 aliphatic carbocycles. The summed E-state index contributed by atoms with van der Waals surface area (Å²) in [5, 5.41) is 35.0. The molecule has 2 unspecified atom stereocenters. The van der Waals surface area contributed by atoms with Crippen molar-refractivity contribution in [3.8, 4) is 11.5 Å². The van der Waals surface area contributed by atoms with Gasteiger partial charge in [0, 0.05) is 12.8 Å². The van der Waals surface area contributed by atoms with Gasteiger partial charge in [-0.05, 0) is 35.4 Å². The number of nitrogens with two attached hydrogens (primary N) is 1. The number of carboxylic acid groups (broad SMARTS) is 1. The standard InChI is InChI=1S/C22H26N4O7/c23-11-19(29)25-18(10-14-3-7-16(28)8-4-14)22(33)26-17(21(32)24-12-20(30)31)9-13-1-5-15(27)6-2-13/h1-8,17-18,27-28H,9-12,23H2,(H,24,32)(H,25,29)(H,26,33)(H,30,31). The molecule has 0 aromatic heterocycles. The highest BCUT2D eigenvalue weighted by Gasteiger charge is 2.27. The van der Waals surface area contributed by atoms with Crippen LogP contribution in [0.25, 0.3) is 0 Å². The molecule has 11 heteroatoms. The highest BCUT2D eigenvalue weighted by Crippen LogP contribution is 2.13. The average molecular weight is 458 g/mol. The first kappa shape index (κ1) is 25.1. The molecule has 0 bridgehead atoms. The lowest BCUT2D eigenvalue weighted by atomic mass is 10.0. The van der Waals surface area contributed by atoms with E-state index in [2.05, 4.69) is 16.0 Å². The van der Waals surface area contributed by atoms with Crippen LogP contribution in [0.2, 0.25) is 0 Å². The van der Waals surface area contributed by atoms with E-state index in [1.807, 2.05) is 0 Å². The van der Waals surface area contributed by atoms with Crippen LogP contribution in [-0.2, 0) is 32.0 Å². The van der Waals surface area contributed by atoms with Gasteiger partial charge in [0.25, 0.3) is 0 Å². The molecule has 2 aromatic rings. The molecule has 0 aliphatic rings. The van der Waals surface area contributed by atoms with E-state index in [1.165, 1.54) is 24.3 Å². The van der Waals surface area contributed by atoms with Crippen LogP contribution >= 0.6 is 0 Å². The topological polar surface area (TPSA) is 191 Å². The van der Waals surface area contributed by atoms with E-state index >= 15 is 0 Å².